The first-order valence-corrected chi connectivity index (χ1v) is 10.6. The van der Waals surface area contributed by atoms with Crippen molar-refractivity contribution in [2.45, 2.75) is 32.6 Å². The van der Waals surface area contributed by atoms with Gasteiger partial charge in [-0.2, -0.15) is 13.2 Å². The first-order valence-electron chi connectivity index (χ1n) is 10.6. The summed E-state index contributed by atoms with van der Waals surface area (Å²) in [6.45, 7) is 5.36. The van der Waals surface area contributed by atoms with Gasteiger partial charge < -0.3 is 9.88 Å². The molecule has 3 aromatic rings. The second kappa shape index (κ2) is 8.51. The van der Waals surface area contributed by atoms with E-state index >= 15 is 0 Å². The van der Waals surface area contributed by atoms with Crippen molar-refractivity contribution in [3.8, 4) is 0 Å². The third kappa shape index (κ3) is 4.55. The lowest BCUT2D eigenvalue weighted by atomic mass is 10.1. The minimum Gasteiger partial charge on any atom is -0.341 e. The molecule has 1 unspecified atom stereocenters. The molecule has 2 heterocycles. The van der Waals surface area contributed by atoms with E-state index in [0.29, 0.717) is 26.2 Å². The topological polar surface area (TPSA) is 40.5 Å². The number of fused-ring (bicyclic) bond motifs is 3. The molecular weight excluding hydrogens is 405 g/mol. The van der Waals surface area contributed by atoms with Crippen molar-refractivity contribution in [2.75, 3.05) is 38.0 Å². The molecule has 31 heavy (non-hydrogen) atoms. The van der Waals surface area contributed by atoms with Gasteiger partial charge >= 0.3 is 6.18 Å². The number of aryl methyl sites for hydroxylation is 1. The van der Waals surface area contributed by atoms with E-state index in [-0.39, 0.29) is 5.91 Å². The molecule has 1 atom stereocenters. The minimum atomic E-state index is -4.19. The number of hydrogen-bond donors (Lipinski definition) is 1. The molecule has 4 rings (SSSR count). The molecule has 1 fully saturated rings. The summed E-state index contributed by atoms with van der Waals surface area (Å²) in [4.78, 5) is 16.2. The summed E-state index contributed by atoms with van der Waals surface area (Å²) < 4.78 is 40.0. The minimum absolute atomic E-state index is 0.150. The number of nitrogens with one attached hydrogen (secondary N) is 1. The van der Waals surface area contributed by atoms with E-state index in [0.717, 1.165) is 34.0 Å². The van der Waals surface area contributed by atoms with Gasteiger partial charge in [-0.05, 0) is 38.1 Å². The van der Waals surface area contributed by atoms with Crippen LogP contribution in [0.3, 0.4) is 0 Å². The SMILES string of the molecule is CCn1c2ccccc2c2cc(NC(=O)C(C)N3CCN(CC(F)(F)F)CC3)ccc21. The average Bonchev–Trinajstić information content (AvgIpc) is 3.05. The molecule has 0 saturated carbocycles. The van der Waals surface area contributed by atoms with Crippen molar-refractivity contribution in [3.05, 3.63) is 42.5 Å². The molecule has 5 nitrogen and oxygen atoms in total. The van der Waals surface area contributed by atoms with Crippen molar-refractivity contribution in [1.82, 2.24) is 14.4 Å². The van der Waals surface area contributed by atoms with Crippen molar-refractivity contribution in [1.29, 1.82) is 0 Å². The van der Waals surface area contributed by atoms with Crippen LogP contribution < -0.4 is 5.32 Å². The molecule has 0 spiro atoms. The van der Waals surface area contributed by atoms with Gasteiger partial charge in [-0.25, -0.2) is 0 Å². The summed E-state index contributed by atoms with van der Waals surface area (Å²) in [5, 5.41) is 5.22. The zero-order valence-electron chi connectivity index (χ0n) is 17.7. The number of benzene rings is 2. The molecule has 0 bridgehead atoms. The number of carbonyl (C=O) groups is 1. The Morgan fingerprint density at radius 3 is 2.39 bits per heavy atom. The number of para-hydroxylation sites is 1. The van der Waals surface area contributed by atoms with Crippen molar-refractivity contribution >= 4 is 33.4 Å². The van der Waals surface area contributed by atoms with E-state index in [9.17, 15) is 18.0 Å². The number of nitrogens with zero attached hydrogens (tertiary/aromatic N) is 3. The Morgan fingerprint density at radius 1 is 1.03 bits per heavy atom. The highest BCUT2D eigenvalue weighted by Crippen LogP contribution is 2.31. The lowest BCUT2D eigenvalue weighted by molar-refractivity contribution is -0.150. The summed E-state index contributed by atoms with van der Waals surface area (Å²) in [5.74, 6) is -0.150. The summed E-state index contributed by atoms with van der Waals surface area (Å²) in [7, 11) is 0. The zero-order chi connectivity index (χ0) is 22.2. The van der Waals surface area contributed by atoms with E-state index in [1.54, 1.807) is 6.92 Å². The van der Waals surface area contributed by atoms with Crippen molar-refractivity contribution < 1.29 is 18.0 Å². The normalized spacial score (nSPS) is 17.3. The van der Waals surface area contributed by atoms with Gasteiger partial charge in [-0.1, -0.05) is 18.2 Å². The molecule has 8 heteroatoms. The van der Waals surface area contributed by atoms with Gasteiger partial charge in [-0.3, -0.25) is 14.6 Å². The van der Waals surface area contributed by atoms with Gasteiger partial charge in [-0.15, -0.1) is 0 Å². The molecule has 0 aliphatic carbocycles. The number of rotatable bonds is 5. The summed E-state index contributed by atoms with van der Waals surface area (Å²) in [6, 6.07) is 13.7. The Balaban J connectivity index is 1.45. The third-order valence-electron chi connectivity index (χ3n) is 6.09. The Morgan fingerprint density at radius 2 is 1.71 bits per heavy atom. The molecule has 1 N–H and O–H groups in total. The van der Waals surface area contributed by atoms with Crippen LogP contribution in [0, 0.1) is 0 Å². The Labute approximate surface area is 179 Å². The van der Waals surface area contributed by atoms with Crippen LogP contribution in [0.2, 0.25) is 0 Å². The van der Waals surface area contributed by atoms with Gasteiger partial charge in [0.1, 0.15) is 0 Å². The molecule has 2 aromatic carbocycles. The second-order valence-electron chi connectivity index (χ2n) is 8.09. The van der Waals surface area contributed by atoms with Crippen molar-refractivity contribution in [2.24, 2.45) is 0 Å². The van der Waals surface area contributed by atoms with Gasteiger partial charge in [0.15, 0.2) is 0 Å². The summed E-state index contributed by atoms with van der Waals surface area (Å²) in [6.07, 6.45) is -4.19. The Hall–Kier alpha value is -2.58. The number of piperazine rings is 1. The largest absolute Gasteiger partial charge is 0.401 e. The van der Waals surface area contributed by atoms with Crippen LogP contribution >= 0.6 is 0 Å². The maximum Gasteiger partial charge on any atom is 0.401 e. The molecular formula is C23H27F3N4O. The molecule has 1 amide bonds. The van der Waals surface area contributed by atoms with E-state index in [2.05, 4.69) is 28.9 Å². The number of amides is 1. The van der Waals surface area contributed by atoms with Crippen LogP contribution in [-0.4, -0.2) is 65.2 Å². The highest BCUT2D eigenvalue weighted by Gasteiger charge is 2.33. The monoisotopic (exact) mass is 432 g/mol. The quantitative estimate of drug-likeness (QED) is 0.653. The van der Waals surface area contributed by atoms with Crippen LogP contribution in [0.1, 0.15) is 13.8 Å². The van der Waals surface area contributed by atoms with Crippen LogP contribution in [0.25, 0.3) is 21.8 Å². The predicted octanol–water partition coefficient (Wildman–Crippen LogP) is 4.32. The van der Waals surface area contributed by atoms with E-state index in [4.69, 9.17) is 0 Å². The number of hydrogen-bond acceptors (Lipinski definition) is 3. The maximum absolute atomic E-state index is 12.8. The lowest BCUT2D eigenvalue weighted by Crippen LogP contribution is -2.54. The van der Waals surface area contributed by atoms with Crippen LogP contribution in [0.15, 0.2) is 42.5 Å². The van der Waals surface area contributed by atoms with Crippen LogP contribution in [0.4, 0.5) is 18.9 Å². The number of anilines is 1. The fraction of sp³-hybridized carbons (Fsp3) is 0.435. The molecule has 1 aliphatic rings. The fourth-order valence-corrected chi connectivity index (χ4v) is 4.45. The molecule has 1 aliphatic heterocycles. The van der Waals surface area contributed by atoms with E-state index in [1.165, 1.54) is 4.90 Å². The first-order chi connectivity index (χ1) is 14.8. The highest BCUT2D eigenvalue weighted by molar-refractivity contribution is 6.10. The Kier molecular flexibility index (Phi) is 5.94. The van der Waals surface area contributed by atoms with Gasteiger partial charge in [0.25, 0.3) is 0 Å². The summed E-state index contributed by atoms with van der Waals surface area (Å²) in [5.41, 5.74) is 3.00. The predicted molar refractivity (Wildman–Crippen MR) is 117 cm³/mol. The van der Waals surface area contributed by atoms with Gasteiger partial charge in [0, 0.05) is 60.2 Å². The van der Waals surface area contributed by atoms with E-state index in [1.807, 2.05) is 35.2 Å². The summed E-state index contributed by atoms with van der Waals surface area (Å²) >= 11 is 0. The average molecular weight is 432 g/mol. The zero-order valence-corrected chi connectivity index (χ0v) is 17.7. The highest BCUT2D eigenvalue weighted by atomic mass is 19.4. The van der Waals surface area contributed by atoms with Crippen LogP contribution in [-0.2, 0) is 11.3 Å². The van der Waals surface area contributed by atoms with E-state index < -0.39 is 18.8 Å². The molecule has 166 valence electrons. The van der Waals surface area contributed by atoms with Crippen molar-refractivity contribution in [3.63, 3.8) is 0 Å². The molecule has 0 radical (unpaired) electrons. The number of halogens is 3. The second-order valence-corrected chi connectivity index (χ2v) is 8.09. The first kappa shape index (κ1) is 21.6. The fourth-order valence-electron chi connectivity index (χ4n) is 4.45. The lowest BCUT2D eigenvalue weighted by Gasteiger charge is -2.37. The molecule has 1 aromatic heterocycles. The number of aromatic nitrogens is 1. The Bertz CT molecular complexity index is 1080. The standard InChI is InChI=1S/C23H27F3N4O/c1-3-30-20-7-5-4-6-18(20)19-14-17(8-9-21(19)30)27-22(31)16(2)29-12-10-28(11-13-29)15-23(24,25)26/h4-9,14,16H,3,10-13,15H2,1-2H3,(H,27,31). The number of alkyl halides is 3. The molecule has 1 saturated heterocycles. The van der Waals surface area contributed by atoms with Gasteiger partial charge in [0.2, 0.25) is 5.91 Å². The smallest absolute Gasteiger partial charge is 0.341 e. The maximum atomic E-state index is 12.8. The van der Waals surface area contributed by atoms with Gasteiger partial charge in [0.05, 0.1) is 12.6 Å². The third-order valence-corrected chi connectivity index (χ3v) is 6.09. The number of carbonyl (C=O) groups excluding carboxylic acids is 1. The van der Waals surface area contributed by atoms with Crippen LogP contribution in [0.5, 0.6) is 0 Å².